The maximum absolute atomic E-state index is 13.1. The summed E-state index contributed by atoms with van der Waals surface area (Å²) in [4.78, 5) is 26.2. The molecule has 1 heterocycles. The number of carbonyl (C=O) groups is 2. The summed E-state index contributed by atoms with van der Waals surface area (Å²) in [5, 5.41) is 15.8. The van der Waals surface area contributed by atoms with E-state index in [0.29, 0.717) is 63.1 Å². The fraction of sp³-hybridized carbons (Fsp3) is 0.214. The Morgan fingerprint density at radius 3 is 2.26 bits per heavy atom. The minimum absolute atomic E-state index is 0.118. The monoisotopic (exact) mass is 568 g/mol. The number of hydrogen-bond donors (Lipinski definition) is 3. The van der Waals surface area contributed by atoms with E-state index in [-0.39, 0.29) is 12.3 Å². The molecule has 0 unspecified atom stereocenters. The molecule has 1 amide bonds. The van der Waals surface area contributed by atoms with Crippen LogP contribution in [-0.2, 0) is 26.0 Å². The molecule has 0 radical (unpaired) electrons. The predicted octanol–water partition coefficient (Wildman–Crippen LogP) is 4.23. The Morgan fingerprint density at radius 2 is 1.67 bits per heavy atom. The van der Waals surface area contributed by atoms with Crippen molar-refractivity contribution in [1.82, 2.24) is 4.90 Å². The van der Waals surface area contributed by atoms with Crippen molar-refractivity contribution in [3.63, 3.8) is 0 Å². The van der Waals surface area contributed by atoms with Gasteiger partial charge >= 0.3 is 5.97 Å². The van der Waals surface area contributed by atoms with Crippen LogP contribution in [-0.4, -0.2) is 63.7 Å². The van der Waals surface area contributed by atoms with Crippen LogP contribution < -0.4 is 14.9 Å². The first-order valence-electron chi connectivity index (χ1n) is 12.1. The summed E-state index contributed by atoms with van der Waals surface area (Å²) in [6, 6.07) is 19.0. The van der Waals surface area contributed by atoms with Gasteiger partial charge in [-0.1, -0.05) is 41.9 Å². The van der Waals surface area contributed by atoms with Crippen molar-refractivity contribution >= 4 is 61.8 Å². The van der Waals surface area contributed by atoms with Crippen molar-refractivity contribution < 1.29 is 23.1 Å². The normalized spacial score (nSPS) is 14.1. The first-order chi connectivity index (χ1) is 18.4. The lowest BCUT2D eigenvalue weighted by Crippen LogP contribution is -2.35. The van der Waals surface area contributed by atoms with Gasteiger partial charge in [0.1, 0.15) is 0 Å². The number of benzene rings is 3. The number of carboxylic acids is 1. The van der Waals surface area contributed by atoms with Crippen LogP contribution in [0.25, 0.3) is 11.3 Å². The summed E-state index contributed by atoms with van der Waals surface area (Å²) >= 11 is 6.14. The Morgan fingerprint density at radius 1 is 1.00 bits per heavy atom. The molecule has 3 aromatic rings. The van der Waals surface area contributed by atoms with Crippen LogP contribution in [0.4, 0.5) is 17.1 Å². The summed E-state index contributed by atoms with van der Waals surface area (Å²) in [6.45, 7) is 0.857. The number of halogens is 1. The molecule has 39 heavy (non-hydrogen) atoms. The van der Waals surface area contributed by atoms with Gasteiger partial charge in [0.15, 0.2) is 0 Å². The second kappa shape index (κ2) is 11.5. The second-order valence-corrected chi connectivity index (χ2v) is 11.8. The largest absolute Gasteiger partial charge is 0.481 e. The molecule has 3 N–H and O–H groups in total. The fourth-order valence-electron chi connectivity index (χ4n) is 4.27. The number of amides is 1. The number of hydrogen-bond acceptors (Lipinski definition) is 6. The van der Waals surface area contributed by atoms with E-state index in [0.717, 1.165) is 0 Å². The molecular weight excluding hydrogens is 540 g/mol. The van der Waals surface area contributed by atoms with Gasteiger partial charge in [0.2, 0.25) is 10.0 Å². The molecule has 1 aliphatic heterocycles. The number of sulfonamides is 1. The molecular formula is C28H29ClN4O5S. The summed E-state index contributed by atoms with van der Waals surface area (Å²) in [5.41, 5.74) is 4.63. The Hall–Kier alpha value is -3.86. The van der Waals surface area contributed by atoms with Gasteiger partial charge < -0.3 is 20.6 Å². The zero-order valence-electron chi connectivity index (χ0n) is 21.7. The number of nitrogens with zero attached hydrogens (tertiary/aromatic N) is 2. The minimum atomic E-state index is -3.49. The number of rotatable bonds is 10. The van der Waals surface area contributed by atoms with Crippen LogP contribution in [0.15, 0.2) is 66.7 Å². The van der Waals surface area contributed by atoms with Crippen molar-refractivity contribution in [2.45, 2.75) is 6.42 Å². The quantitative estimate of drug-likeness (QED) is 0.313. The molecule has 0 spiro atoms. The lowest BCUT2D eigenvalue weighted by molar-refractivity contribution is -0.136. The third-order valence-corrected chi connectivity index (χ3v) is 7.58. The molecule has 0 fully saturated rings. The topological polar surface area (TPSA) is 119 Å². The van der Waals surface area contributed by atoms with Gasteiger partial charge in [-0.15, -0.1) is 0 Å². The van der Waals surface area contributed by atoms with E-state index < -0.39 is 16.0 Å². The molecule has 1 aliphatic rings. The van der Waals surface area contributed by atoms with Crippen LogP contribution in [0, 0.1) is 0 Å². The predicted molar refractivity (Wildman–Crippen MR) is 155 cm³/mol. The molecule has 0 aromatic heterocycles. The van der Waals surface area contributed by atoms with Crippen LogP contribution >= 0.6 is 11.6 Å². The Bertz CT molecular complexity index is 1540. The van der Waals surface area contributed by atoms with Crippen LogP contribution in [0.3, 0.4) is 0 Å². The molecule has 3 aromatic carbocycles. The minimum Gasteiger partial charge on any atom is -0.481 e. The highest BCUT2D eigenvalue weighted by Gasteiger charge is 2.29. The van der Waals surface area contributed by atoms with Crippen molar-refractivity contribution in [1.29, 1.82) is 0 Å². The van der Waals surface area contributed by atoms with E-state index in [2.05, 4.69) is 10.6 Å². The molecule has 11 heteroatoms. The molecule has 0 saturated carbocycles. The van der Waals surface area contributed by atoms with E-state index in [9.17, 15) is 18.0 Å². The van der Waals surface area contributed by atoms with Gasteiger partial charge in [-0.2, -0.15) is 0 Å². The molecule has 0 atom stereocenters. The van der Waals surface area contributed by atoms with Gasteiger partial charge in [0.25, 0.3) is 5.91 Å². The SMILES string of the molecule is CN(C)CCN(c1ccc(N/C(=C2\C(=O)Nc3cc(Cl)ccc32)c2ccc(CC(=O)O)cc2)cc1)S(C)(=O)=O. The number of nitrogens with one attached hydrogen (secondary N) is 2. The van der Waals surface area contributed by atoms with Gasteiger partial charge in [0, 0.05) is 29.4 Å². The molecule has 4 rings (SSSR count). The Kier molecular flexibility index (Phi) is 8.29. The third-order valence-electron chi connectivity index (χ3n) is 6.15. The number of carboxylic acid groups (broad SMARTS) is 1. The van der Waals surface area contributed by atoms with Crippen molar-refractivity contribution in [3.8, 4) is 0 Å². The third kappa shape index (κ3) is 6.78. The highest BCUT2D eigenvalue weighted by Crippen LogP contribution is 2.39. The van der Waals surface area contributed by atoms with Gasteiger partial charge in [-0.25, -0.2) is 8.42 Å². The highest BCUT2D eigenvalue weighted by molar-refractivity contribution is 7.92. The summed E-state index contributed by atoms with van der Waals surface area (Å²) in [6.07, 6.45) is 1.06. The van der Waals surface area contributed by atoms with E-state index in [1.54, 1.807) is 66.7 Å². The number of carbonyl (C=O) groups excluding carboxylic acids is 1. The Labute approximate surface area is 232 Å². The molecule has 0 saturated heterocycles. The lowest BCUT2D eigenvalue weighted by atomic mass is 9.98. The van der Waals surface area contributed by atoms with E-state index in [1.807, 2.05) is 19.0 Å². The van der Waals surface area contributed by atoms with Crippen LogP contribution in [0.1, 0.15) is 16.7 Å². The summed E-state index contributed by atoms with van der Waals surface area (Å²) in [5.74, 6) is -1.25. The van der Waals surface area contributed by atoms with E-state index in [4.69, 9.17) is 16.7 Å². The molecule has 0 aliphatic carbocycles. The van der Waals surface area contributed by atoms with Crippen LogP contribution in [0.2, 0.25) is 5.02 Å². The zero-order chi connectivity index (χ0) is 28.3. The second-order valence-electron chi connectivity index (χ2n) is 9.47. The Balaban J connectivity index is 1.74. The average molecular weight is 569 g/mol. The molecule has 0 bridgehead atoms. The smallest absolute Gasteiger partial charge is 0.307 e. The summed E-state index contributed by atoms with van der Waals surface area (Å²) < 4.78 is 26.2. The summed E-state index contributed by atoms with van der Waals surface area (Å²) in [7, 11) is 0.263. The number of aliphatic carboxylic acids is 1. The van der Waals surface area contributed by atoms with Gasteiger partial charge in [-0.05, 0) is 61.6 Å². The van der Waals surface area contributed by atoms with E-state index in [1.165, 1.54) is 10.6 Å². The molecule has 204 valence electrons. The van der Waals surface area contributed by atoms with Crippen molar-refractivity contribution in [2.75, 3.05) is 48.4 Å². The standard InChI is InChI=1S/C28H29ClN4O5S/c1-32(2)14-15-33(39(3,37)38)22-11-9-21(10-12-22)30-27(19-6-4-18(5-7-19)16-25(34)35)26-23-13-8-20(29)17-24(23)31-28(26)36/h4-13,17,30H,14-16H2,1-3H3,(H,31,36)(H,34,35)/b27-26-. The first-order valence-corrected chi connectivity index (χ1v) is 14.3. The lowest BCUT2D eigenvalue weighted by Gasteiger charge is -2.24. The average Bonchev–Trinajstić information content (AvgIpc) is 3.17. The number of fused-ring (bicyclic) bond motifs is 1. The fourth-order valence-corrected chi connectivity index (χ4v) is 5.36. The maximum Gasteiger partial charge on any atom is 0.307 e. The molecule has 9 nitrogen and oxygen atoms in total. The first kappa shape index (κ1) is 28.2. The number of anilines is 3. The zero-order valence-corrected chi connectivity index (χ0v) is 23.3. The van der Waals surface area contributed by atoms with Crippen molar-refractivity contribution in [3.05, 3.63) is 88.4 Å². The maximum atomic E-state index is 13.1. The van der Waals surface area contributed by atoms with Crippen LogP contribution in [0.5, 0.6) is 0 Å². The number of likely N-dealkylation sites (N-methyl/N-ethyl adjacent to an activating group) is 1. The van der Waals surface area contributed by atoms with Crippen molar-refractivity contribution in [2.24, 2.45) is 0 Å². The van der Waals surface area contributed by atoms with E-state index >= 15 is 0 Å². The van der Waals surface area contributed by atoms with Gasteiger partial charge in [0.05, 0.1) is 35.3 Å². The highest BCUT2D eigenvalue weighted by atomic mass is 35.5. The van der Waals surface area contributed by atoms with Gasteiger partial charge in [-0.3, -0.25) is 13.9 Å².